The Morgan fingerprint density at radius 3 is 2.56 bits per heavy atom. The van der Waals surface area contributed by atoms with Gasteiger partial charge in [-0.25, -0.2) is 4.68 Å². The Morgan fingerprint density at radius 2 is 1.78 bits per heavy atom. The van der Waals surface area contributed by atoms with Crippen molar-refractivity contribution in [2.45, 2.75) is 6.92 Å². The smallest absolute Gasteiger partial charge is 0.193 e. The molecule has 1 aromatic heterocycles. The van der Waals surface area contributed by atoms with E-state index in [-0.39, 0.29) is 5.78 Å². The summed E-state index contributed by atoms with van der Waals surface area (Å²) < 4.78 is 2.67. The summed E-state index contributed by atoms with van der Waals surface area (Å²) in [7, 11) is 0. The van der Waals surface area contributed by atoms with Crippen molar-refractivity contribution >= 4 is 21.7 Å². The number of rotatable bonds is 4. The first-order valence-electron chi connectivity index (χ1n) is 8.51. The zero-order valence-electron chi connectivity index (χ0n) is 14.6. The second kappa shape index (κ2) is 7.29. The largest absolute Gasteiger partial charge is 0.289 e. The van der Waals surface area contributed by atoms with Crippen molar-refractivity contribution in [3.05, 3.63) is 100 Å². The monoisotopic (exact) mass is 417 g/mol. The summed E-state index contributed by atoms with van der Waals surface area (Å²) in [6.07, 6.45) is 1.84. The molecule has 0 atom stereocenters. The minimum Gasteiger partial charge on any atom is -0.289 e. The molecule has 0 aliphatic carbocycles. The molecule has 27 heavy (non-hydrogen) atoms. The Kier molecular flexibility index (Phi) is 4.69. The summed E-state index contributed by atoms with van der Waals surface area (Å²) in [5, 5.41) is 8.54. The number of hydrogen-bond acceptors (Lipinski definition) is 3. The van der Waals surface area contributed by atoms with E-state index in [1.807, 2.05) is 85.9 Å². The fraction of sp³-hybridized carbons (Fsp3) is 0.0455. The van der Waals surface area contributed by atoms with Crippen LogP contribution in [-0.2, 0) is 0 Å². The fourth-order valence-corrected chi connectivity index (χ4v) is 3.33. The van der Waals surface area contributed by atoms with E-state index in [4.69, 9.17) is 0 Å². The van der Waals surface area contributed by atoms with E-state index in [1.54, 1.807) is 4.68 Å². The molecule has 1 heterocycles. The van der Waals surface area contributed by atoms with Gasteiger partial charge in [0.25, 0.3) is 0 Å². The van der Waals surface area contributed by atoms with Crippen molar-refractivity contribution in [1.29, 1.82) is 0 Å². The molecule has 4 aromatic rings. The molecule has 132 valence electrons. The van der Waals surface area contributed by atoms with Gasteiger partial charge in [-0.15, -0.1) is 5.10 Å². The van der Waals surface area contributed by atoms with Crippen LogP contribution in [-0.4, -0.2) is 20.8 Å². The van der Waals surface area contributed by atoms with Crippen LogP contribution >= 0.6 is 15.9 Å². The lowest BCUT2D eigenvalue weighted by Crippen LogP contribution is -2.04. The second-order valence-electron chi connectivity index (χ2n) is 6.27. The molecule has 0 saturated heterocycles. The van der Waals surface area contributed by atoms with Crippen LogP contribution in [0.25, 0.3) is 16.9 Å². The van der Waals surface area contributed by atoms with Crippen molar-refractivity contribution in [1.82, 2.24) is 15.0 Å². The summed E-state index contributed by atoms with van der Waals surface area (Å²) in [6.45, 7) is 1.98. The molecule has 5 heteroatoms. The molecule has 0 aliphatic heterocycles. The van der Waals surface area contributed by atoms with Gasteiger partial charge in [0.2, 0.25) is 0 Å². The SMILES string of the molecule is Cc1ccc(-c2cn(-c3cccc(Br)c3)nn2)c(C(=O)c2ccccc2)c1. The van der Waals surface area contributed by atoms with E-state index in [2.05, 4.69) is 26.2 Å². The molecule has 0 unspecified atom stereocenters. The van der Waals surface area contributed by atoms with Gasteiger partial charge in [-0.3, -0.25) is 4.79 Å². The normalized spacial score (nSPS) is 10.7. The van der Waals surface area contributed by atoms with Gasteiger partial charge >= 0.3 is 0 Å². The fourth-order valence-electron chi connectivity index (χ4n) is 2.95. The van der Waals surface area contributed by atoms with Crippen LogP contribution in [0.2, 0.25) is 0 Å². The molecule has 0 radical (unpaired) electrons. The van der Waals surface area contributed by atoms with E-state index in [9.17, 15) is 4.79 Å². The number of halogens is 1. The van der Waals surface area contributed by atoms with Gasteiger partial charge in [0.05, 0.1) is 11.9 Å². The first-order valence-corrected chi connectivity index (χ1v) is 9.30. The Bertz CT molecular complexity index is 1120. The predicted molar refractivity (Wildman–Crippen MR) is 109 cm³/mol. The average Bonchev–Trinajstić information content (AvgIpc) is 3.18. The molecule has 3 aromatic carbocycles. The lowest BCUT2D eigenvalue weighted by atomic mass is 9.95. The zero-order chi connectivity index (χ0) is 18.8. The van der Waals surface area contributed by atoms with E-state index in [0.717, 1.165) is 21.3 Å². The van der Waals surface area contributed by atoms with E-state index in [1.165, 1.54) is 0 Å². The molecular weight excluding hydrogens is 402 g/mol. The van der Waals surface area contributed by atoms with E-state index in [0.29, 0.717) is 16.8 Å². The van der Waals surface area contributed by atoms with Gasteiger partial charge < -0.3 is 0 Å². The van der Waals surface area contributed by atoms with Crippen LogP contribution in [0, 0.1) is 6.92 Å². The Hall–Kier alpha value is -3.05. The molecule has 0 saturated carbocycles. The van der Waals surface area contributed by atoms with E-state index >= 15 is 0 Å². The lowest BCUT2D eigenvalue weighted by molar-refractivity contribution is 0.103. The highest BCUT2D eigenvalue weighted by Gasteiger charge is 2.17. The Labute approximate surface area is 165 Å². The zero-order valence-corrected chi connectivity index (χ0v) is 16.2. The number of carbonyl (C=O) groups excluding carboxylic acids is 1. The molecule has 0 amide bonds. The highest BCUT2D eigenvalue weighted by molar-refractivity contribution is 9.10. The minimum absolute atomic E-state index is 0.0219. The number of aryl methyl sites for hydroxylation is 1. The number of benzene rings is 3. The van der Waals surface area contributed by atoms with Crippen molar-refractivity contribution < 1.29 is 4.79 Å². The minimum atomic E-state index is -0.0219. The Balaban J connectivity index is 1.78. The van der Waals surface area contributed by atoms with Gasteiger partial charge in [-0.2, -0.15) is 0 Å². The van der Waals surface area contributed by atoms with E-state index < -0.39 is 0 Å². The third kappa shape index (κ3) is 3.59. The highest BCUT2D eigenvalue weighted by Crippen LogP contribution is 2.26. The average molecular weight is 418 g/mol. The van der Waals surface area contributed by atoms with Crippen molar-refractivity contribution in [2.75, 3.05) is 0 Å². The predicted octanol–water partition coefficient (Wildman–Crippen LogP) is 5.24. The van der Waals surface area contributed by atoms with Gasteiger partial charge in [0, 0.05) is 21.2 Å². The summed E-state index contributed by atoms with van der Waals surface area (Å²) in [5.74, 6) is -0.0219. The Morgan fingerprint density at radius 1 is 0.963 bits per heavy atom. The molecular formula is C22H16BrN3O. The van der Waals surface area contributed by atoms with Crippen LogP contribution in [0.4, 0.5) is 0 Å². The first-order chi connectivity index (χ1) is 13.1. The van der Waals surface area contributed by atoms with Crippen LogP contribution in [0.15, 0.2) is 83.5 Å². The highest BCUT2D eigenvalue weighted by atomic mass is 79.9. The number of aromatic nitrogens is 3. The number of carbonyl (C=O) groups is 1. The number of nitrogens with zero attached hydrogens (tertiary/aromatic N) is 3. The molecule has 0 bridgehead atoms. The molecule has 4 nitrogen and oxygen atoms in total. The third-order valence-corrected chi connectivity index (χ3v) is 4.79. The summed E-state index contributed by atoms with van der Waals surface area (Å²) in [4.78, 5) is 13.1. The van der Waals surface area contributed by atoms with Crippen LogP contribution in [0.3, 0.4) is 0 Å². The molecule has 0 N–H and O–H groups in total. The maximum absolute atomic E-state index is 13.1. The topological polar surface area (TPSA) is 47.8 Å². The first kappa shape index (κ1) is 17.4. The van der Waals surface area contributed by atoms with Gasteiger partial charge in [-0.05, 0) is 31.2 Å². The molecule has 0 spiro atoms. The molecule has 4 rings (SSSR count). The van der Waals surface area contributed by atoms with Gasteiger partial charge in [-0.1, -0.05) is 75.2 Å². The second-order valence-corrected chi connectivity index (χ2v) is 7.19. The standard InChI is InChI=1S/C22H16BrN3O/c1-15-10-11-19(20(12-15)22(27)16-6-3-2-4-7-16)21-14-26(25-24-21)18-9-5-8-17(23)13-18/h2-14H,1H3. The van der Waals surface area contributed by atoms with Gasteiger partial charge in [0.1, 0.15) is 5.69 Å². The summed E-state index contributed by atoms with van der Waals surface area (Å²) in [6, 6.07) is 22.9. The quantitative estimate of drug-likeness (QED) is 0.426. The number of ketones is 1. The van der Waals surface area contributed by atoms with Crippen LogP contribution in [0.1, 0.15) is 21.5 Å². The number of hydrogen-bond donors (Lipinski definition) is 0. The van der Waals surface area contributed by atoms with Crippen molar-refractivity contribution in [3.8, 4) is 16.9 Å². The summed E-state index contributed by atoms with van der Waals surface area (Å²) >= 11 is 3.47. The molecule has 0 fully saturated rings. The van der Waals surface area contributed by atoms with Crippen LogP contribution in [0.5, 0.6) is 0 Å². The maximum atomic E-state index is 13.1. The third-order valence-electron chi connectivity index (χ3n) is 4.30. The van der Waals surface area contributed by atoms with Crippen molar-refractivity contribution in [3.63, 3.8) is 0 Å². The maximum Gasteiger partial charge on any atom is 0.193 e. The molecule has 0 aliphatic rings. The van der Waals surface area contributed by atoms with Gasteiger partial charge in [0.15, 0.2) is 5.78 Å². The van der Waals surface area contributed by atoms with Crippen LogP contribution < -0.4 is 0 Å². The summed E-state index contributed by atoms with van der Waals surface area (Å²) in [5.41, 5.74) is 4.64. The van der Waals surface area contributed by atoms with Crippen molar-refractivity contribution in [2.24, 2.45) is 0 Å². The lowest BCUT2D eigenvalue weighted by Gasteiger charge is -2.08.